The van der Waals surface area contributed by atoms with Gasteiger partial charge in [0.15, 0.2) is 0 Å². The molecule has 0 aromatic carbocycles. The van der Waals surface area contributed by atoms with Crippen LogP contribution in [0, 0.1) is 13.8 Å². The molecule has 0 aliphatic carbocycles. The Bertz CT molecular complexity index is 447. The Kier molecular flexibility index (Phi) is 3.99. The van der Waals surface area contributed by atoms with Gasteiger partial charge in [0.2, 0.25) is 0 Å². The Morgan fingerprint density at radius 3 is 2.89 bits per heavy atom. The number of hydrogen-bond donors (Lipinski definition) is 2. The van der Waals surface area contributed by atoms with Crippen molar-refractivity contribution >= 4 is 17.3 Å². The number of piperazine rings is 1. The molecule has 1 aromatic rings. The highest BCUT2D eigenvalue weighted by Gasteiger charge is 2.33. The van der Waals surface area contributed by atoms with Crippen LogP contribution in [-0.2, 0) is 4.79 Å². The van der Waals surface area contributed by atoms with Crippen LogP contribution in [0.25, 0.3) is 0 Å². The topological polar surface area (TPSA) is 65.5 Å². The first-order valence-electron chi connectivity index (χ1n) is 6.14. The monoisotopic (exact) mass is 269 g/mol. The molecule has 2 atom stereocenters. The van der Waals surface area contributed by atoms with Crippen LogP contribution in [0.3, 0.4) is 0 Å². The van der Waals surface area contributed by atoms with E-state index in [4.69, 9.17) is 0 Å². The van der Waals surface area contributed by atoms with Gasteiger partial charge in [-0.25, -0.2) is 4.98 Å². The van der Waals surface area contributed by atoms with Crippen molar-refractivity contribution in [2.75, 3.05) is 19.6 Å². The predicted molar refractivity (Wildman–Crippen MR) is 71.0 cm³/mol. The number of nitrogens with zero attached hydrogens (tertiary/aromatic N) is 2. The number of carboxylic acid groups (broad SMARTS) is 1. The summed E-state index contributed by atoms with van der Waals surface area (Å²) >= 11 is 1.66. The SMILES string of the molecule is Cc1nc(C)c(C(C)N2CCNCC2C(=O)O)s1. The first kappa shape index (κ1) is 13.5. The number of nitrogens with one attached hydrogen (secondary N) is 1. The lowest BCUT2D eigenvalue weighted by Crippen LogP contribution is -2.55. The van der Waals surface area contributed by atoms with Crippen molar-refractivity contribution in [3.8, 4) is 0 Å². The zero-order chi connectivity index (χ0) is 13.3. The molecule has 0 amide bonds. The Morgan fingerprint density at radius 1 is 1.61 bits per heavy atom. The number of aromatic nitrogens is 1. The number of thiazole rings is 1. The Labute approximate surface area is 111 Å². The van der Waals surface area contributed by atoms with Gasteiger partial charge in [-0.15, -0.1) is 11.3 Å². The highest BCUT2D eigenvalue weighted by atomic mass is 32.1. The van der Waals surface area contributed by atoms with Gasteiger partial charge in [0.05, 0.1) is 10.7 Å². The summed E-state index contributed by atoms with van der Waals surface area (Å²) in [4.78, 5) is 19.0. The van der Waals surface area contributed by atoms with E-state index in [1.54, 1.807) is 11.3 Å². The lowest BCUT2D eigenvalue weighted by atomic mass is 10.1. The second kappa shape index (κ2) is 5.34. The maximum atomic E-state index is 11.3. The largest absolute Gasteiger partial charge is 0.480 e. The van der Waals surface area contributed by atoms with Crippen LogP contribution < -0.4 is 5.32 Å². The number of rotatable bonds is 3. The van der Waals surface area contributed by atoms with Crippen LogP contribution in [0.5, 0.6) is 0 Å². The number of hydrogen-bond acceptors (Lipinski definition) is 5. The van der Waals surface area contributed by atoms with Gasteiger partial charge in [0.25, 0.3) is 0 Å². The Hall–Kier alpha value is -0.980. The van der Waals surface area contributed by atoms with E-state index in [1.807, 2.05) is 13.8 Å². The van der Waals surface area contributed by atoms with E-state index >= 15 is 0 Å². The summed E-state index contributed by atoms with van der Waals surface area (Å²) in [5, 5.41) is 13.5. The van der Waals surface area contributed by atoms with E-state index in [9.17, 15) is 9.90 Å². The second-order valence-corrected chi connectivity index (χ2v) is 5.89. The third-order valence-electron chi connectivity index (χ3n) is 3.39. The van der Waals surface area contributed by atoms with E-state index in [-0.39, 0.29) is 6.04 Å². The van der Waals surface area contributed by atoms with Gasteiger partial charge in [0, 0.05) is 30.6 Å². The predicted octanol–water partition coefficient (Wildman–Crippen LogP) is 1.18. The molecule has 0 radical (unpaired) electrons. The first-order valence-corrected chi connectivity index (χ1v) is 6.95. The minimum absolute atomic E-state index is 0.111. The summed E-state index contributed by atoms with van der Waals surface area (Å²) in [7, 11) is 0. The standard InChI is InChI=1S/C12H19N3O2S/c1-7-11(18-9(3)14-7)8(2)15-5-4-13-6-10(15)12(16)17/h8,10,13H,4-6H2,1-3H3,(H,16,17). The summed E-state index contributed by atoms with van der Waals surface area (Å²) in [6, 6.07) is -0.338. The van der Waals surface area contributed by atoms with Crippen LogP contribution in [0.4, 0.5) is 0 Å². The van der Waals surface area contributed by atoms with E-state index in [0.717, 1.165) is 23.8 Å². The van der Waals surface area contributed by atoms with Crippen molar-refractivity contribution < 1.29 is 9.90 Å². The van der Waals surface area contributed by atoms with Gasteiger partial charge in [-0.1, -0.05) is 0 Å². The van der Waals surface area contributed by atoms with Crippen molar-refractivity contribution in [2.24, 2.45) is 0 Å². The first-order chi connectivity index (χ1) is 8.50. The van der Waals surface area contributed by atoms with Gasteiger partial charge in [-0.3, -0.25) is 9.69 Å². The van der Waals surface area contributed by atoms with Crippen LogP contribution in [0.1, 0.15) is 28.5 Å². The third-order valence-corrected chi connectivity index (χ3v) is 4.63. The smallest absolute Gasteiger partial charge is 0.322 e. The molecule has 1 aromatic heterocycles. The van der Waals surface area contributed by atoms with E-state index < -0.39 is 12.0 Å². The highest BCUT2D eigenvalue weighted by Crippen LogP contribution is 2.30. The summed E-state index contributed by atoms with van der Waals surface area (Å²) < 4.78 is 0. The molecule has 0 spiro atoms. The summed E-state index contributed by atoms with van der Waals surface area (Å²) in [6.45, 7) is 8.16. The second-order valence-electron chi connectivity index (χ2n) is 4.65. The van der Waals surface area contributed by atoms with E-state index in [2.05, 4.69) is 22.1 Å². The average molecular weight is 269 g/mol. The Balaban J connectivity index is 2.23. The molecule has 2 N–H and O–H groups in total. The maximum absolute atomic E-state index is 11.3. The average Bonchev–Trinajstić information content (AvgIpc) is 2.67. The molecule has 0 bridgehead atoms. The molecule has 18 heavy (non-hydrogen) atoms. The van der Waals surface area contributed by atoms with Crippen LogP contribution >= 0.6 is 11.3 Å². The highest BCUT2D eigenvalue weighted by molar-refractivity contribution is 7.11. The maximum Gasteiger partial charge on any atom is 0.322 e. The molecule has 2 rings (SSSR count). The molecule has 1 aliphatic heterocycles. The van der Waals surface area contributed by atoms with E-state index in [0.29, 0.717) is 6.54 Å². The van der Waals surface area contributed by atoms with Gasteiger partial charge >= 0.3 is 5.97 Å². The van der Waals surface area contributed by atoms with Gasteiger partial charge < -0.3 is 10.4 Å². The fraction of sp³-hybridized carbons (Fsp3) is 0.667. The number of carboxylic acids is 1. The minimum Gasteiger partial charge on any atom is -0.480 e. The fourth-order valence-electron chi connectivity index (χ4n) is 2.50. The lowest BCUT2D eigenvalue weighted by Gasteiger charge is -2.37. The number of aliphatic carboxylic acids is 1. The molecule has 2 unspecified atom stereocenters. The quantitative estimate of drug-likeness (QED) is 0.862. The molecular weight excluding hydrogens is 250 g/mol. The molecule has 0 saturated carbocycles. The molecule has 1 saturated heterocycles. The molecular formula is C12H19N3O2S. The molecule has 6 heteroatoms. The van der Waals surface area contributed by atoms with Crippen LogP contribution in [-0.4, -0.2) is 46.6 Å². The van der Waals surface area contributed by atoms with Crippen molar-refractivity contribution in [3.05, 3.63) is 15.6 Å². The summed E-state index contributed by atoms with van der Waals surface area (Å²) in [6.07, 6.45) is 0. The Morgan fingerprint density at radius 2 is 2.33 bits per heavy atom. The number of carbonyl (C=O) groups is 1. The molecule has 1 fully saturated rings. The van der Waals surface area contributed by atoms with Crippen molar-refractivity contribution in [1.82, 2.24) is 15.2 Å². The molecule has 5 nitrogen and oxygen atoms in total. The van der Waals surface area contributed by atoms with Crippen LogP contribution in [0.2, 0.25) is 0 Å². The molecule has 2 heterocycles. The fourth-order valence-corrected chi connectivity index (χ4v) is 3.50. The summed E-state index contributed by atoms with van der Waals surface area (Å²) in [5.41, 5.74) is 1.02. The zero-order valence-electron chi connectivity index (χ0n) is 10.9. The van der Waals surface area contributed by atoms with Crippen LogP contribution in [0.15, 0.2) is 0 Å². The van der Waals surface area contributed by atoms with Crippen molar-refractivity contribution in [1.29, 1.82) is 0 Å². The minimum atomic E-state index is -0.757. The zero-order valence-corrected chi connectivity index (χ0v) is 11.8. The lowest BCUT2D eigenvalue weighted by molar-refractivity contribution is -0.145. The third kappa shape index (κ3) is 2.55. The molecule has 100 valence electrons. The number of aryl methyl sites for hydroxylation is 2. The van der Waals surface area contributed by atoms with E-state index in [1.165, 1.54) is 4.88 Å². The van der Waals surface area contributed by atoms with Gasteiger partial charge in [-0.2, -0.15) is 0 Å². The molecule has 1 aliphatic rings. The van der Waals surface area contributed by atoms with Crippen molar-refractivity contribution in [2.45, 2.75) is 32.9 Å². The summed E-state index contributed by atoms with van der Waals surface area (Å²) in [5.74, 6) is -0.757. The van der Waals surface area contributed by atoms with Crippen molar-refractivity contribution in [3.63, 3.8) is 0 Å². The normalized spacial score (nSPS) is 22.9. The van der Waals surface area contributed by atoms with Gasteiger partial charge in [0.1, 0.15) is 6.04 Å². The van der Waals surface area contributed by atoms with Gasteiger partial charge in [-0.05, 0) is 20.8 Å².